The lowest BCUT2D eigenvalue weighted by molar-refractivity contribution is 0.532. The fourth-order valence-electron chi connectivity index (χ4n) is 1.95. The zero-order valence-electron chi connectivity index (χ0n) is 10.7. The van der Waals surface area contributed by atoms with Crippen LogP contribution in [0, 0.1) is 0 Å². The van der Waals surface area contributed by atoms with Gasteiger partial charge in [-0.05, 0) is 12.8 Å². The molecular formula is C12H27NO2S. The number of sulfonamides is 1. The van der Waals surface area contributed by atoms with Crippen LogP contribution in [0.3, 0.4) is 0 Å². The van der Waals surface area contributed by atoms with E-state index >= 15 is 0 Å². The molecule has 0 spiro atoms. The predicted octanol–water partition coefficient (Wildman–Crippen LogP) is 3.19. The molecular weight excluding hydrogens is 222 g/mol. The minimum atomic E-state index is -3.32. The number of nitrogens with two attached hydrogens (primary N) is 1. The number of hydrogen-bond acceptors (Lipinski definition) is 2. The lowest BCUT2D eigenvalue weighted by Gasteiger charge is -2.13. The molecule has 1 unspecified atom stereocenters. The Morgan fingerprint density at radius 2 is 1.44 bits per heavy atom. The highest BCUT2D eigenvalue weighted by molar-refractivity contribution is 7.89. The van der Waals surface area contributed by atoms with Gasteiger partial charge in [-0.15, -0.1) is 0 Å². The van der Waals surface area contributed by atoms with Crippen LogP contribution in [0.1, 0.15) is 71.6 Å². The number of rotatable bonds is 10. The zero-order chi connectivity index (χ0) is 12.4. The first-order valence-corrected chi connectivity index (χ1v) is 8.14. The van der Waals surface area contributed by atoms with Crippen molar-refractivity contribution in [2.45, 2.75) is 76.9 Å². The van der Waals surface area contributed by atoms with Gasteiger partial charge in [-0.1, -0.05) is 58.8 Å². The summed E-state index contributed by atoms with van der Waals surface area (Å²) in [4.78, 5) is 0. The quantitative estimate of drug-likeness (QED) is 0.604. The maximum atomic E-state index is 11.3. The molecule has 0 aromatic heterocycles. The molecule has 3 nitrogen and oxygen atoms in total. The molecule has 16 heavy (non-hydrogen) atoms. The molecule has 0 saturated carbocycles. The van der Waals surface area contributed by atoms with Crippen molar-refractivity contribution in [2.75, 3.05) is 0 Å². The van der Waals surface area contributed by atoms with Crippen molar-refractivity contribution in [1.82, 2.24) is 0 Å². The topological polar surface area (TPSA) is 60.2 Å². The SMILES string of the molecule is CCCCCCCCC(CCC)S(N)(=O)=O. The first kappa shape index (κ1) is 15.9. The molecule has 0 radical (unpaired) electrons. The number of primary sulfonamides is 1. The van der Waals surface area contributed by atoms with Crippen LogP contribution in [0.5, 0.6) is 0 Å². The van der Waals surface area contributed by atoms with Crippen LogP contribution in [-0.2, 0) is 10.0 Å². The van der Waals surface area contributed by atoms with Gasteiger partial charge in [-0.3, -0.25) is 0 Å². The molecule has 0 saturated heterocycles. The minimum absolute atomic E-state index is 0.316. The summed E-state index contributed by atoms with van der Waals surface area (Å²) >= 11 is 0. The maximum absolute atomic E-state index is 11.3. The summed E-state index contributed by atoms with van der Waals surface area (Å²) in [6.45, 7) is 4.19. The predicted molar refractivity (Wildman–Crippen MR) is 69.8 cm³/mol. The number of unbranched alkanes of at least 4 members (excludes halogenated alkanes) is 5. The van der Waals surface area contributed by atoms with Gasteiger partial charge in [0.2, 0.25) is 10.0 Å². The van der Waals surface area contributed by atoms with Crippen molar-refractivity contribution in [2.24, 2.45) is 5.14 Å². The summed E-state index contributed by atoms with van der Waals surface area (Å²) in [5, 5.41) is 4.88. The van der Waals surface area contributed by atoms with Crippen LogP contribution in [0.2, 0.25) is 0 Å². The highest BCUT2D eigenvalue weighted by Gasteiger charge is 2.19. The van der Waals surface area contributed by atoms with Crippen molar-refractivity contribution >= 4 is 10.0 Å². The summed E-state index contributed by atoms with van der Waals surface area (Å²) in [7, 11) is -3.32. The monoisotopic (exact) mass is 249 g/mol. The largest absolute Gasteiger partial charge is 0.228 e. The molecule has 98 valence electrons. The zero-order valence-corrected chi connectivity index (χ0v) is 11.6. The van der Waals surface area contributed by atoms with E-state index in [1.807, 2.05) is 6.92 Å². The van der Waals surface area contributed by atoms with Crippen LogP contribution in [0.4, 0.5) is 0 Å². The van der Waals surface area contributed by atoms with Crippen molar-refractivity contribution in [3.8, 4) is 0 Å². The van der Waals surface area contributed by atoms with E-state index in [9.17, 15) is 8.42 Å². The van der Waals surface area contributed by atoms with Crippen LogP contribution in [0.15, 0.2) is 0 Å². The Balaban J connectivity index is 3.70. The van der Waals surface area contributed by atoms with Gasteiger partial charge >= 0.3 is 0 Å². The van der Waals surface area contributed by atoms with Crippen LogP contribution in [0.25, 0.3) is 0 Å². The standard InChI is InChI=1S/C12H27NO2S/c1-3-5-6-7-8-9-11-12(10-4-2)16(13,14)15/h12H,3-11H2,1-2H3,(H2,13,14,15). The Morgan fingerprint density at radius 1 is 0.875 bits per heavy atom. The highest BCUT2D eigenvalue weighted by Crippen LogP contribution is 2.15. The van der Waals surface area contributed by atoms with E-state index in [1.54, 1.807) is 0 Å². The van der Waals surface area contributed by atoms with E-state index < -0.39 is 10.0 Å². The van der Waals surface area contributed by atoms with Crippen LogP contribution >= 0.6 is 0 Å². The van der Waals surface area contributed by atoms with Gasteiger partial charge < -0.3 is 0 Å². The minimum Gasteiger partial charge on any atom is -0.228 e. The van der Waals surface area contributed by atoms with E-state index in [2.05, 4.69) is 6.92 Å². The Hall–Kier alpha value is -0.0900. The summed E-state index contributed by atoms with van der Waals surface area (Å²) in [5.74, 6) is 0. The smallest absolute Gasteiger partial charge is 0.211 e. The van der Waals surface area contributed by atoms with Gasteiger partial charge in [0.1, 0.15) is 0 Å². The summed E-state index contributed by atoms with van der Waals surface area (Å²) in [6, 6.07) is 0. The molecule has 0 aromatic rings. The second-order valence-electron chi connectivity index (χ2n) is 4.56. The van der Waals surface area contributed by atoms with Gasteiger partial charge in [-0.25, -0.2) is 13.6 Å². The molecule has 0 heterocycles. The van der Waals surface area contributed by atoms with Gasteiger partial charge in [0.25, 0.3) is 0 Å². The van der Waals surface area contributed by atoms with Crippen LogP contribution < -0.4 is 5.14 Å². The maximum Gasteiger partial charge on any atom is 0.211 e. The van der Waals surface area contributed by atoms with Crippen molar-refractivity contribution in [1.29, 1.82) is 0 Å². The Morgan fingerprint density at radius 3 is 1.94 bits per heavy atom. The number of hydrogen-bond donors (Lipinski definition) is 1. The van der Waals surface area contributed by atoms with Gasteiger partial charge in [0.15, 0.2) is 0 Å². The fraction of sp³-hybridized carbons (Fsp3) is 1.00. The average molecular weight is 249 g/mol. The summed E-state index contributed by atoms with van der Waals surface area (Å²) in [5.41, 5.74) is 0. The molecule has 0 aliphatic rings. The van der Waals surface area contributed by atoms with E-state index in [1.165, 1.54) is 25.7 Å². The summed E-state index contributed by atoms with van der Waals surface area (Å²) in [6.07, 6.45) is 9.47. The molecule has 2 N–H and O–H groups in total. The van der Waals surface area contributed by atoms with Crippen molar-refractivity contribution in [3.63, 3.8) is 0 Å². The third kappa shape index (κ3) is 8.11. The highest BCUT2D eigenvalue weighted by atomic mass is 32.2. The lowest BCUT2D eigenvalue weighted by Crippen LogP contribution is -2.28. The Bertz CT molecular complexity index is 250. The van der Waals surface area contributed by atoms with Gasteiger partial charge in [0, 0.05) is 0 Å². The Labute approximate surface area is 101 Å². The molecule has 0 fully saturated rings. The van der Waals surface area contributed by atoms with E-state index in [-0.39, 0.29) is 5.25 Å². The molecule has 0 aliphatic heterocycles. The third-order valence-electron chi connectivity index (χ3n) is 2.95. The summed E-state index contributed by atoms with van der Waals surface area (Å²) < 4.78 is 22.5. The normalized spacial score (nSPS) is 13.9. The van der Waals surface area contributed by atoms with Crippen molar-refractivity contribution in [3.05, 3.63) is 0 Å². The van der Waals surface area contributed by atoms with E-state index in [0.717, 1.165) is 25.7 Å². The molecule has 1 atom stereocenters. The van der Waals surface area contributed by atoms with Crippen molar-refractivity contribution < 1.29 is 8.42 Å². The van der Waals surface area contributed by atoms with Gasteiger partial charge in [-0.2, -0.15) is 0 Å². The second-order valence-corrected chi connectivity index (χ2v) is 6.40. The molecule has 4 heteroatoms. The second kappa shape index (κ2) is 8.99. The molecule has 0 amide bonds. The fourth-order valence-corrected chi connectivity index (χ4v) is 3.01. The molecule has 0 bridgehead atoms. The molecule has 0 rings (SSSR count). The third-order valence-corrected chi connectivity index (χ3v) is 4.36. The average Bonchev–Trinajstić information content (AvgIpc) is 2.20. The Kier molecular flexibility index (Phi) is 8.94. The molecule has 0 aliphatic carbocycles. The lowest BCUT2D eigenvalue weighted by atomic mass is 10.1. The first-order valence-electron chi connectivity index (χ1n) is 6.54. The van der Waals surface area contributed by atoms with Crippen LogP contribution in [-0.4, -0.2) is 13.7 Å². The van der Waals surface area contributed by atoms with Gasteiger partial charge in [0.05, 0.1) is 5.25 Å². The first-order chi connectivity index (χ1) is 7.52. The van der Waals surface area contributed by atoms with E-state index in [4.69, 9.17) is 5.14 Å². The molecule has 0 aromatic carbocycles. The van der Waals surface area contributed by atoms with E-state index in [0.29, 0.717) is 6.42 Å².